The summed E-state index contributed by atoms with van der Waals surface area (Å²) in [6, 6.07) is -0.0903. The van der Waals surface area contributed by atoms with Crippen molar-refractivity contribution in [1.82, 2.24) is 9.55 Å². The van der Waals surface area contributed by atoms with Crippen molar-refractivity contribution in [3.05, 3.63) is 18.2 Å². The maximum atomic E-state index is 5.75. The molecule has 0 aliphatic rings. The molecular weight excluding hydrogens is 138 g/mol. The predicted molar refractivity (Wildman–Crippen MR) is 43.6 cm³/mol. The average Bonchev–Trinajstić information content (AvgIpc) is 2.36. The summed E-state index contributed by atoms with van der Waals surface area (Å²) >= 11 is 0. The van der Waals surface area contributed by atoms with Gasteiger partial charge in [-0.1, -0.05) is 0 Å². The van der Waals surface area contributed by atoms with Gasteiger partial charge in [-0.3, -0.25) is 0 Å². The molecule has 0 fully saturated rings. The molecule has 0 bridgehead atoms. The number of aryl methyl sites for hydroxylation is 1. The first-order valence-electron chi connectivity index (χ1n) is 3.41. The maximum absolute atomic E-state index is 5.75. The number of rotatable bonds is 2. The highest BCUT2D eigenvalue weighted by Crippen LogP contribution is 2.10. The second kappa shape index (κ2) is 3.22. The molecule has 2 N–H and O–H groups in total. The van der Waals surface area contributed by atoms with Crippen LogP contribution in [0, 0.1) is 12.3 Å². The van der Waals surface area contributed by atoms with Crippen LogP contribution in [0.15, 0.2) is 12.5 Å². The molecule has 1 aromatic heterocycles. The molecule has 0 aliphatic carbocycles. The molecule has 0 saturated heterocycles. The number of nitrogens with two attached hydrogens (primary N) is 1. The van der Waals surface area contributed by atoms with E-state index >= 15 is 0 Å². The molecule has 0 amide bonds. The van der Waals surface area contributed by atoms with Crippen molar-refractivity contribution in [2.24, 2.45) is 12.8 Å². The minimum absolute atomic E-state index is 0.0903. The predicted octanol–water partition coefficient (Wildman–Crippen LogP) is 0.443. The summed E-state index contributed by atoms with van der Waals surface area (Å²) in [5.74, 6) is 2.52. The van der Waals surface area contributed by atoms with Crippen LogP contribution in [0.3, 0.4) is 0 Å². The molecule has 0 aliphatic heterocycles. The molecular formula is C8H11N3. The number of imidazole rings is 1. The molecule has 11 heavy (non-hydrogen) atoms. The third-order valence-electron chi connectivity index (χ3n) is 1.57. The van der Waals surface area contributed by atoms with Gasteiger partial charge in [0.25, 0.3) is 0 Å². The largest absolute Gasteiger partial charge is 0.336 e. The fraction of sp³-hybridized carbons (Fsp3) is 0.375. The molecule has 0 aromatic carbocycles. The van der Waals surface area contributed by atoms with E-state index in [0.29, 0.717) is 6.42 Å². The van der Waals surface area contributed by atoms with Crippen molar-refractivity contribution >= 4 is 0 Å². The van der Waals surface area contributed by atoms with Crippen molar-refractivity contribution in [2.75, 3.05) is 0 Å². The number of hydrogen-bond donors (Lipinski definition) is 1. The first-order chi connectivity index (χ1) is 5.25. The van der Waals surface area contributed by atoms with Crippen molar-refractivity contribution < 1.29 is 0 Å². The SMILES string of the molecule is C#CCC(N)c1cncn1C. The highest BCUT2D eigenvalue weighted by Gasteiger charge is 2.06. The summed E-state index contributed by atoms with van der Waals surface area (Å²) in [5, 5.41) is 0. The topological polar surface area (TPSA) is 43.8 Å². The van der Waals surface area contributed by atoms with E-state index in [4.69, 9.17) is 12.2 Å². The van der Waals surface area contributed by atoms with Crippen LogP contribution >= 0.6 is 0 Å². The minimum Gasteiger partial charge on any atom is -0.336 e. The fourth-order valence-electron chi connectivity index (χ4n) is 0.956. The van der Waals surface area contributed by atoms with E-state index in [9.17, 15) is 0 Å². The third-order valence-corrected chi connectivity index (χ3v) is 1.57. The first-order valence-corrected chi connectivity index (χ1v) is 3.41. The lowest BCUT2D eigenvalue weighted by Gasteiger charge is -2.07. The Kier molecular flexibility index (Phi) is 2.29. The van der Waals surface area contributed by atoms with Crippen LogP contribution in [0.4, 0.5) is 0 Å². The molecule has 3 heteroatoms. The number of aromatic nitrogens is 2. The Balaban J connectivity index is 2.77. The lowest BCUT2D eigenvalue weighted by atomic mass is 10.2. The van der Waals surface area contributed by atoms with E-state index in [2.05, 4.69) is 10.9 Å². The van der Waals surface area contributed by atoms with Crippen LogP contribution in [0.5, 0.6) is 0 Å². The molecule has 1 atom stereocenters. The molecule has 58 valence electrons. The summed E-state index contributed by atoms with van der Waals surface area (Å²) in [7, 11) is 1.90. The van der Waals surface area contributed by atoms with Gasteiger partial charge in [-0.2, -0.15) is 0 Å². The Morgan fingerprint density at radius 1 is 1.91 bits per heavy atom. The minimum atomic E-state index is -0.0903. The van der Waals surface area contributed by atoms with E-state index in [0.717, 1.165) is 5.69 Å². The summed E-state index contributed by atoms with van der Waals surface area (Å²) in [6.07, 6.45) is 9.13. The van der Waals surface area contributed by atoms with Gasteiger partial charge in [0.15, 0.2) is 0 Å². The Hall–Kier alpha value is -1.27. The average molecular weight is 149 g/mol. The number of terminal acetylenes is 1. The Morgan fingerprint density at radius 2 is 2.64 bits per heavy atom. The van der Waals surface area contributed by atoms with Gasteiger partial charge in [0, 0.05) is 19.7 Å². The van der Waals surface area contributed by atoms with Gasteiger partial charge in [0.2, 0.25) is 0 Å². The number of hydrogen-bond acceptors (Lipinski definition) is 2. The molecule has 1 rings (SSSR count). The van der Waals surface area contributed by atoms with E-state index in [1.54, 1.807) is 12.5 Å². The van der Waals surface area contributed by atoms with E-state index in [1.165, 1.54) is 0 Å². The lowest BCUT2D eigenvalue weighted by molar-refractivity contribution is 0.676. The summed E-state index contributed by atoms with van der Waals surface area (Å²) in [4.78, 5) is 3.94. The zero-order valence-electron chi connectivity index (χ0n) is 6.49. The van der Waals surface area contributed by atoms with Crippen LogP contribution in [0.1, 0.15) is 18.2 Å². The number of nitrogens with zero attached hydrogens (tertiary/aromatic N) is 2. The second-order valence-electron chi connectivity index (χ2n) is 2.44. The van der Waals surface area contributed by atoms with Crippen molar-refractivity contribution in [1.29, 1.82) is 0 Å². The monoisotopic (exact) mass is 149 g/mol. The van der Waals surface area contributed by atoms with Crippen LogP contribution in [0.2, 0.25) is 0 Å². The van der Waals surface area contributed by atoms with Gasteiger partial charge in [0.05, 0.1) is 18.1 Å². The highest BCUT2D eigenvalue weighted by molar-refractivity contribution is 5.07. The summed E-state index contributed by atoms with van der Waals surface area (Å²) < 4.78 is 1.88. The van der Waals surface area contributed by atoms with E-state index in [-0.39, 0.29) is 6.04 Å². The van der Waals surface area contributed by atoms with Crippen LogP contribution in [0.25, 0.3) is 0 Å². The molecule has 1 unspecified atom stereocenters. The zero-order valence-corrected chi connectivity index (χ0v) is 6.49. The van der Waals surface area contributed by atoms with E-state index < -0.39 is 0 Å². The third kappa shape index (κ3) is 1.60. The van der Waals surface area contributed by atoms with E-state index in [1.807, 2.05) is 11.6 Å². The first kappa shape index (κ1) is 7.83. The molecule has 1 aromatic rings. The molecule has 0 saturated carbocycles. The van der Waals surface area contributed by atoms with Gasteiger partial charge >= 0.3 is 0 Å². The zero-order chi connectivity index (χ0) is 8.27. The van der Waals surface area contributed by atoms with Crippen molar-refractivity contribution in [2.45, 2.75) is 12.5 Å². The Labute approximate surface area is 66.2 Å². The Morgan fingerprint density at radius 3 is 3.09 bits per heavy atom. The van der Waals surface area contributed by atoms with Crippen molar-refractivity contribution in [3.63, 3.8) is 0 Å². The highest BCUT2D eigenvalue weighted by atomic mass is 15.0. The summed E-state index contributed by atoms with van der Waals surface area (Å²) in [5.41, 5.74) is 6.72. The quantitative estimate of drug-likeness (QED) is 0.620. The molecule has 0 spiro atoms. The molecule has 0 radical (unpaired) electrons. The van der Waals surface area contributed by atoms with Gasteiger partial charge in [0.1, 0.15) is 0 Å². The van der Waals surface area contributed by atoms with Crippen molar-refractivity contribution in [3.8, 4) is 12.3 Å². The molecule has 1 heterocycles. The normalized spacial score (nSPS) is 12.5. The molecule has 3 nitrogen and oxygen atoms in total. The van der Waals surface area contributed by atoms with Gasteiger partial charge in [-0.05, 0) is 0 Å². The smallest absolute Gasteiger partial charge is 0.0946 e. The maximum Gasteiger partial charge on any atom is 0.0946 e. The fourth-order valence-corrected chi connectivity index (χ4v) is 0.956. The van der Waals surface area contributed by atoms with Gasteiger partial charge in [-0.25, -0.2) is 4.98 Å². The summed E-state index contributed by atoms with van der Waals surface area (Å²) in [6.45, 7) is 0. The van der Waals surface area contributed by atoms with Gasteiger partial charge in [-0.15, -0.1) is 12.3 Å². The standard InChI is InChI=1S/C8H11N3/c1-3-4-7(9)8-5-10-6-11(8)2/h1,5-7H,4,9H2,2H3. The van der Waals surface area contributed by atoms with Gasteiger partial charge < -0.3 is 10.3 Å². The lowest BCUT2D eigenvalue weighted by Crippen LogP contribution is -2.12. The second-order valence-corrected chi connectivity index (χ2v) is 2.44. The Bertz CT molecular complexity index is 269. The van der Waals surface area contributed by atoms with Crippen LogP contribution < -0.4 is 5.73 Å². The van der Waals surface area contributed by atoms with Crippen LogP contribution in [-0.2, 0) is 7.05 Å². The van der Waals surface area contributed by atoms with Crippen LogP contribution in [-0.4, -0.2) is 9.55 Å².